The largest absolute Gasteiger partial charge is 0.351 e. The maximum absolute atomic E-state index is 5.85. The van der Waals surface area contributed by atoms with Crippen molar-refractivity contribution >= 4 is 23.0 Å². The van der Waals surface area contributed by atoms with Gasteiger partial charge in [0.1, 0.15) is 0 Å². The zero-order chi connectivity index (χ0) is 22.2. The highest BCUT2D eigenvalue weighted by Gasteiger charge is 2.42. The molecular weight excluding hydrogens is 412 g/mol. The molecule has 5 rings (SSSR count). The van der Waals surface area contributed by atoms with Gasteiger partial charge >= 0.3 is 0 Å². The zero-order valence-corrected chi connectivity index (χ0v) is 19.3. The molecule has 0 saturated carbocycles. The summed E-state index contributed by atoms with van der Waals surface area (Å²) in [6, 6.07) is 27.2. The van der Waals surface area contributed by atoms with Crippen LogP contribution in [0.2, 0.25) is 0 Å². The van der Waals surface area contributed by atoms with E-state index in [0.29, 0.717) is 0 Å². The van der Waals surface area contributed by atoms with Gasteiger partial charge in [-0.05, 0) is 80.5 Å². The third-order valence-corrected chi connectivity index (χ3v) is 6.59. The summed E-state index contributed by atoms with van der Waals surface area (Å²) in [6.07, 6.45) is 1.85. The van der Waals surface area contributed by atoms with Gasteiger partial charge in [0.25, 0.3) is 0 Å². The molecule has 2 aromatic carbocycles. The summed E-state index contributed by atoms with van der Waals surface area (Å²) in [5, 5.41) is 4.28. The lowest BCUT2D eigenvalue weighted by atomic mass is 9.96. The minimum absolute atomic E-state index is 0.0104. The lowest BCUT2D eigenvalue weighted by Gasteiger charge is -2.28. The highest BCUT2D eigenvalue weighted by Crippen LogP contribution is 2.43. The molecule has 0 radical (unpaired) electrons. The predicted molar refractivity (Wildman–Crippen MR) is 134 cm³/mol. The lowest BCUT2D eigenvalue weighted by Crippen LogP contribution is -2.29. The van der Waals surface area contributed by atoms with Crippen molar-refractivity contribution in [3.8, 4) is 5.69 Å². The van der Waals surface area contributed by atoms with E-state index in [1.807, 2.05) is 24.4 Å². The van der Waals surface area contributed by atoms with E-state index in [9.17, 15) is 0 Å². The van der Waals surface area contributed by atoms with Gasteiger partial charge in [0.05, 0.1) is 17.8 Å². The second-order valence-corrected chi connectivity index (χ2v) is 8.67. The van der Waals surface area contributed by atoms with Gasteiger partial charge in [-0.1, -0.05) is 42.5 Å². The maximum Gasteiger partial charge on any atom is 0.174 e. The van der Waals surface area contributed by atoms with E-state index in [2.05, 4.69) is 101 Å². The number of benzene rings is 2. The zero-order valence-electron chi connectivity index (χ0n) is 18.5. The van der Waals surface area contributed by atoms with Crippen LogP contribution in [0.3, 0.4) is 0 Å². The minimum Gasteiger partial charge on any atom is -0.351 e. The van der Waals surface area contributed by atoms with Crippen LogP contribution in [0, 0.1) is 20.8 Å². The molecule has 1 saturated heterocycles. The Morgan fingerprint density at radius 3 is 2.31 bits per heavy atom. The van der Waals surface area contributed by atoms with Crippen molar-refractivity contribution in [2.45, 2.75) is 32.9 Å². The fourth-order valence-electron chi connectivity index (χ4n) is 4.81. The van der Waals surface area contributed by atoms with E-state index >= 15 is 0 Å². The lowest BCUT2D eigenvalue weighted by molar-refractivity contribution is 0.565. The summed E-state index contributed by atoms with van der Waals surface area (Å²) in [5.74, 6) is 0. The van der Waals surface area contributed by atoms with Crippen LogP contribution in [0.5, 0.6) is 0 Å². The van der Waals surface area contributed by atoms with Gasteiger partial charge in [0.15, 0.2) is 5.11 Å². The van der Waals surface area contributed by atoms with Crippen LogP contribution in [0.25, 0.3) is 5.69 Å². The average Bonchev–Trinajstić information content (AvgIpc) is 3.31. The van der Waals surface area contributed by atoms with E-state index in [1.54, 1.807) is 0 Å². The summed E-state index contributed by atoms with van der Waals surface area (Å²) >= 11 is 5.85. The van der Waals surface area contributed by atoms with Gasteiger partial charge in [-0.15, -0.1) is 0 Å². The number of aromatic nitrogens is 2. The molecule has 4 nitrogen and oxygen atoms in total. The second-order valence-electron chi connectivity index (χ2n) is 8.28. The van der Waals surface area contributed by atoms with Crippen molar-refractivity contribution in [1.29, 1.82) is 0 Å². The summed E-state index contributed by atoms with van der Waals surface area (Å²) in [7, 11) is 0. The van der Waals surface area contributed by atoms with Crippen LogP contribution < -0.4 is 10.2 Å². The van der Waals surface area contributed by atoms with Crippen molar-refractivity contribution < 1.29 is 0 Å². The van der Waals surface area contributed by atoms with Gasteiger partial charge in [0.2, 0.25) is 0 Å². The Morgan fingerprint density at radius 1 is 0.875 bits per heavy atom. The molecule has 1 fully saturated rings. The van der Waals surface area contributed by atoms with Crippen LogP contribution in [0.4, 0.5) is 5.69 Å². The summed E-state index contributed by atoms with van der Waals surface area (Å²) < 4.78 is 2.35. The predicted octanol–water partition coefficient (Wildman–Crippen LogP) is 5.97. The van der Waals surface area contributed by atoms with Crippen molar-refractivity contribution in [2.75, 3.05) is 4.90 Å². The number of thiocarbonyl (C=S) groups is 1. The van der Waals surface area contributed by atoms with Crippen molar-refractivity contribution in [2.24, 2.45) is 0 Å². The highest BCUT2D eigenvalue weighted by molar-refractivity contribution is 7.80. The Hall–Kier alpha value is -3.44. The topological polar surface area (TPSA) is 33.1 Å². The monoisotopic (exact) mass is 438 g/mol. The third kappa shape index (κ3) is 3.39. The first-order valence-corrected chi connectivity index (χ1v) is 11.3. The van der Waals surface area contributed by atoms with Crippen molar-refractivity contribution in [3.63, 3.8) is 0 Å². The van der Waals surface area contributed by atoms with Gasteiger partial charge in [-0.2, -0.15) is 0 Å². The highest BCUT2D eigenvalue weighted by atomic mass is 32.1. The first-order chi connectivity index (χ1) is 15.6. The molecule has 1 aliphatic heterocycles. The number of pyridine rings is 1. The maximum atomic E-state index is 5.85. The van der Waals surface area contributed by atoms with E-state index in [-0.39, 0.29) is 12.1 Å². The molecule has 0 amide bonds. The molecule has 2 unspecified atom stereocenters. The molecule has 1 N–H and O–H groups in total. The van der Waals surface area contributed by atoms with E-state index in [1.165, 1.54) is 28.2 Å². The van der Waals surface area contributed by atoms with Crippen molar-refractivity contribution in [1.82, 2.24) is 14.9 Å². The molecule has 32 heavy (non-hydrogen) atoms. The Morgan fingerprint density at radius 2 is 1.59 bits per heavy atom. The smallest absolute Gasteiger partial charge is 0.174 e. The summed E-state index contributed by atoms with van der Waals surface area (Å²) in [4.78, 5) is 6.91. The van der Waals surface area contributed by atoms with Crippen LogP contribution in [0.15, 0.2) is 85.1 Å². The van der Waals surface area contributed by atoms with Crippen molar-refractivity contribution in [3.05, 3.63) is 113 Å². The molecule has 2 atom stereocenters. The quantitative estimate of drug-likeness (QED) is 0.398. The fourth-order valence-corrected chi connectivity index (χ4v) is 5.16. The minimum atomic E-state index is -0.0465. The molecule has 0 aliphatic carbocycles. The number of rotatable bonds is 4. The van der Waals surface area contributed by atoms with Gasteiger partial charge in [0, 0.05) is 29.0 Å². The van der Waals surface area contributed by atoms with Gasteiger partial charge in [-0.3, -0.25) is 4.98 Å². The summed E-state index contributed by atoms with van der Waals surface area (Å²) in [5.41, 5.74) is 8.20. The Labute approximate surface area is 194 Å². The van der Waals surface area contributed by atoms with E-state index in [4.69, 9.17) is 12.2 Å². The molecule has 0 bridgehead atoms. The SMILES string of the molecule is Cc1ccccc1-n1c(C)cc(C2C(c3ccccn3)NC(=S)N2c2ccccc2)c1C. The normalized spacial score (nSPS) is 18.1. The Bertz CT molecular complexity index is 1260. The fraction of sp³-hybridized carbons (Fsp3) is 0.185. The Kier molecular flexibility index (Phi) is 5.27. The number of hydrogen-bond acceptors (Lipinski definition) is 2. The summed E-state index contributed by atoms with van der Waals surface area (Å²) in [6.45, 7) is 6.54. The van der Waals surface area contributed by atoms with E-state index < -0.39 is 0 Å². The Balaban J connectivity index is 1.70. The van der Waals surface area contributed by atoms with Crippen LogP contribution in [-0.2, 0) is 0 Å². The molecule has 5 heteroatoms. The molecule has 3 heterocycles. The molecule has 2 aromatic heterocycles. The van der Waals surface area contributed by atoms with Gasteiger partial charge < -0.3 is 14.8 Å². The number of nitrogens with one attached hydrogen (secondary N) is 1. The number of nitrogens with zero attached hydrogens (tertiary/aromatic N) is 3. The molecule has 1 aliphatic rings. The number of hydrogen-bond donors (Lipinski definition) is 1. The molecule has 0 spiro atoms. The number of anilines is 1. The van der Waals surface area contributed by atoms with Crippen LogP contribution in [-0.4, -0.2) is 14.7 Å². The average molecular weight is 439 g/mol. The second kappa shape index (κ2) is 8.24. The third-order valence-electron chi connectivity index (χ3n) is 6.28. The first-order valence-electron chi connectivity index (χ1n) is 10.9. The number of aryl methyl sites for hydroxylation is 2. The standard InChI is InChI=1S/C27H26N4S/c1-18-11-7-8-15-24(18)30-19(2)17-22(20(30)3)26-25(23-14-9-10-16-28-23)29-27(32)31(26)21-12-5-4-6-13-21/h4-17,25-26H,1-3H3,(H,29,32). The molecule has 160 valence electrons. The van der Waals surface area contributed by atoms with Gasteiger partial charge in [-0.25, -0.2) is 0 Å². The molecule has 4 aromatic rings. The molecular formula is C27H26N4S. The first kappa shape index (κ1) is 20.5. The van der Waals surface area contributed by atoms with E-state index in [0.717, 1.165) is 16.5 Å². The number of para-hydroxylation sites is 2. The van der Waals surface area contributed by atoms with Crippen LogP contribution >= 0.6 is 12.2 Å². The van der Waals surface area contributed by atoms with Crippen LogP contribution in [0.1, 0.15) is 40.3 Å².